The molecule has 0 N–H and O–H groups in total. The van der Waals surface area contributed by atoms with E-state index >= 15 is 0 Å². The molecule has 1 fully saturated rings. The van der Waals surface area contributed by atoms with Crippen LogP contribution in [-0.4, -0.2) is 29.7 Å². The molecule has 1 saturated heterocycles. The molecule has 0 aromatic rings. The van der Waals surface area contributed by atoms with Gasteiger partial charge in [-0.3, -0.25) is 9.59 Å². The summed E-state index contributed by atoms with van der Waals surface area (Å²) in [4.78, 5) is 24.4. The summed E-state index contributed by atoms with van der Waals surface area (Å²) in [5.74, 6) is 0.683. The largest absolute Gasteiger partial charge is 0.343 e. The Labute approximate surface area is 85.5 Å². The van der Waals surface area contributed by atoms with Crippen molar-refractivity contribution < 1.29 is 9.59 Å². The van der Waals surface area contributed by atoms with E-state index in [1.165, 1.54) is 0 Å². The minimum absolute atomic E-state index is 0.129. The highest BCUT2D eigenvalue weighted by Crippen LogP contribution is 2.11. The first kappa shape index (κ1) is 11.2. The SMILES string of the molecule is CC(C)C(=O)CCCN1CCCC1=O. The lowest BCUT2D eigenvalue weighted by atomic mass is 10.0. The fraction of sp³-hybridized carbons (Fsp3) is 0.818. The molecule has 0 atom stereocenters. The number of amides is 1. The molecule has 3 nitrogen and oxygen atoms in total. The van der Waals surface area contributed by atoms with Gasteiger partial charge in [-0.25, -0.2) is 0 Å². The lowest BCUT2D eigenvalue weighted by Crippen LogP contribution is -2.26. The first-order chi connectivity index (χ1) is 6.61. The van der Waals surface area contributed by atoms with E-state index < -0.39 is 0 Å². The second-order valence-corrected chi connectivity index (χ2v) is 4.21. The summed E-state index contributed by atoms with van der Waals surface area (Å²) in [7, 11) is 0. The summed E-state index contributed by atoms with van der Waals surface area (Å²) in [6.07, 6.45) is 3.11. The van der Waals surface area contributed by atoms with Crippen molar-refractivity contribution in [3.05, 3.63) is 0 Å². The van der Waals surface area contributed by atoms with Crippen LogP contribution in [0.5, 0.6) is 0 Å². The van der Waals surface area contributed by atoms with Crippen LogP contribution >= 0.6 is 0 Å². The van der Waals surface area contributed by atoms with Crippen LogP contribution in [0, 0.1) is 5.92 Å². The molecule has 1 aliphatic rings. The van der Waals surface area contributed by atoms with Gasteiger partial charge in [0.2, 0.25) is 5.91 Å². The molecule has 1 rings (SSSR count). The number of rotatable bonds is 5. The van der Waals surface area contributed by atoms with Crippen LogP contribution in [0.25, 0.3) is 0 Å². The smallest absolute Gasteiger partial charge is 0.222 e. The van der Waals surface area contributed by atoms with Crippen LogP contribution in [0.15, 0.2) is 0 Å². The maximum Gasteiger partial charge on any atom is 0.222 e. The van der Waals surface area contributed by atoms with Crippen LogP contribution < -0.4 is 0 Å². The van der Waals surface area contributed by atoms with Gasteiger partial charge in [0.15, 0.2) is 0 Å². The quantitative estimate of drug-likeness (QED) is 0.671. The molecule has 0 spiro atoms. The fourth-order valence-corrected chi connectivity index (χ4v) is 1.67. The van der Waals surface area contributed by atoms with Gasteiger partial charge in [0.05, 0.1) is 0 Å². The Kier molecular flexibility index (Phi) is 4.11. The molecule has 1 aliphatic heterocycles. The minimum Gasteiger partial charge on any atom is -0.343 e. The molecule has 80 valence electrons. The van der Waals surface area contributed by atoms with Gasteiger partial charge in [0.25, 0.3) is 0 Å². The van der Waals surface area contributed by atoms with E-state index in [1.54, 1.807) is 0 Å². The predicted octanol–water partition coefficient (Wildman–Crippen LogP) is 1.61. The molecule has 0 aromatic carbocycles. The maximum absolute atomic E-state index is 11.3. The second kappa shape index (κ2) is 5.13. The van der Waals surface area contributed by atoms with E-state index in [2.05, 4.69) is 0 Å². The molecular weight excluding hydrogens is 178 g/mol. The van der Waals surface area contributed by atoms with Gasteiger partial charge in [0.1, 0.15) is 5.78 Å². The van der Waals surface area contributed by atoms with Crippen LogP contribution in [0.2, 0.25) is 0 Å². The molecule has 0 saturated carbocycles. The Balaban J connectivity index is 2.15. The predicted molar refractivity (Wildman–Crippen MR) is 54.9 cm³/mol. The van der Waals surface area contributed by atoms with Crippen LogP contribution in [0.1, 0.15) is 39.5 Å². The summed E-state index contributed by atoms with van der Waals surface area (Å²) >= 11 is 0. The summed E-state index contributed by atoms with van der Waals surface area (Å²) in [6.45, 7) is 5.48. The Bertz CT molecular complexity index is 223. The van der Waals surface area contributed by atoms with Gasteiger partial charge in [-0.1, -0.05) is 13.8 Å². The van der Waals surface area contributed by atoms with Gasteiger partial charge < -0.3 is 4.90 Å². The molecule has 0 aliphatic carbocycles. The third-order valence-corrected chi connectivity index (χ3v) is 2.67. The molecule has 3 heteroatoms. The minimum atomic E-state index is 0.129. The Morgan fingerprint density at radius 1 is 1.50 bits per heavy atom. The van der Waals surface area contributed by atoms with E-state index in [0.29, 0.717) is 18.6 Å². The highest BCUT2D eigenvalue weighted by atomic mass is 16.2. The average Bonchev–Trinajstić information content (AvgIpc) is 2.51. The molecule has 1 amide bonds. The van der Waals surface area contributed by atoms with E-state index in [4.69, 9.17) is 0 Å². The highest BCUT2D eigenvalue weighted by Gasteiger charge is 2.19. The lowest BCUT2D eigenvalue weighted by Gasteiger charge is -2.14. The Morgan fingerprint density at radius 3 is 2.71 bits per heavy atom. The van der Waals surface area contributed by atoms with Crippen LogP contribution in [0.4, 0.5) is 0 Å². The fourth-order valence-electron chi connectivity index (χ4n) is 1.67. The summed E-state index contributed by atoms with van der Waals surface area (Å²) < 4.78 is 0. The van der Waals surface area contributed by atoms with Crippen molar-refractivity contribution in [3.63, 3.8) is 0 Å². The van der Waals surface area contributed by atoms with Crippen molar-refractivity contribution >= 4 is 11.7 Å². The zero-order valence-corrected chi connectivity index (χ0v) is 9.08. The van der Waals surface area contributed by atoms with Crippen molar-refractivity contribution in [2.24, 2.45) is 5.92 Å². The molecule has 0 radical (unpaired) electrons. The number of likely N-dealkylation sites (tertiary alicyclic amines) is 1. The number of hydrogen-bond acceptors (Lipinski definition) is 2. The zero-order chi connectivity index (χ0) is 10.6. The Hall–Kier alpha value is -0.860. The monoisotopic (exact) mass is 197 g/mol. The molecule has 14 heavy (non-hydrogen) atoms. The van der Waals surface area contributed by atoms with Crippen molar-refractivity contribution in [2.45, 2.75) is 39.5 Å². The number of ketones is 1. The van der Waals surface area contributed by atoms with E-state index in [1.807, 2.05) is 18.7 Å². The number of hydrogen-bond donors (Lipinski definition) is 0. The normalized spacial score (nSPS) is 16.8. The first-order valence-corrected chi connectivity index (χ1v) is 5.41. The maximum atomic E-state index is 11.3. The van der Waals surface area contributed by atoms with E-state index in [0.717, 1.165) is 25.9 Å². The van der Waals surface area contributed by atoms with E-state index in [-0.39, 0.29) is 11.8 Å². The highest BCUT2D eigenvalue weighted by molar-refractivity contribution is 5.80. The molecular formula is C11H19NO2. The summed E-state index contributed by atoms with van der Waals surface area (Å²) in [5, 5.41) is 0. The average molecular weight is 197 g/mol. The van der Waals surface area contributed by atoms with E-state index in [9.17, 15) is 9.59 Å². The Morgan fingerprint density at radius 2 is 2.21 bits per heavy atom. The van der Waals surface area contributed by atoms with Crippen LogP contribution in [-0.2, 0) is 9.59 Å². The van der Waals surface area contributed by atoms with Gasteiger partial charge in [0, 0.05) is 31.8 Å². The summed E-state index contributed by atoms with van der Waals surface area (Å²) in [5.41, 5.74) is 0. The standard InChI is InChI=1S/C11H19NO2/c1-9(2)10(13)5-3-7-12-8-4-6-11(12)14/h9H,3-8H2,1-2H3. The topological polar surface area (TPSA) is 37.4 Å². The molecule has 1 heterocycles. The first-order valence-electron chi connectivity index (χ1n) is 5.41. The molecule has 0 aromatic heterocycles. The molecule has 0 unspecified atom stereocenters. The number of Topliss-reactive ketones (excluding diaryl/α,β-unsaturated/α-hetero) is 1. The van der Waals surface area contributed by atoms with Crippen molar-refractivity contribution in [3.8, 4) is 0 Å². The second-order valence-electron chi connectivity index (χ2n) is 4.21. The number of carbonyl (C=O) groups excluding carboxylic acids is 2. The zero-order valence-electron chi connectivity index (χ0n) is 9.08. The third kappa shape index (κ3) is 3.13. The van der Waals surface area contributed by atoms with Crippen molar-refractivity contribution in [1.29, 1.82) is 0 Å². The van der Waals surface area contributed by atoms with Crippen LogP contribution in [0.3, 0.4) is 0 Å². The van der Waals surface area contributed by atoms with Gasteiger partial charge in [-0.05, 0) is 12.8 Å². The van der Waals surface area contributed by atoms with Crippen molar-refractivity contribution in [2.75, 3.05) is 13.1 Å². The lowest BCUT2D eigenvalue weighted by molar-refractivity contribution is -0.128. The number of nitrogens with zero attached hydrogens (tertiary/aromatic N) is 1. The third-order valence-electron chi connectivity index (χ3n) is 2.67. The number of carbonyl (C=O) groups is 2. The van der Waals surface area contributed by atoms with Crippen molar-refractivity contribution in [1.82, 2.24) is 4.90 Å². The van der Waals surface area contributed by atoms with Gasteiger partial charge >= 0.3 is 0 Å². The summed E-state index contributed by atoms with van der Waals surface area (Å²) in [6, 6.07) is 0. The molecule has 0 bridgehead atoms. The van der Waals surface area contributed by atoms with Gasteiger partial charge in [-0.2, -0.15) is 0 Å². The van der Waals surface area contributed by atoms with Gasteiger partial charge in [-0.15, -0.1) is 0 Å².